The molecule has 110 valence electrons. The molecule has 0 radical (unpaired) electrons. The molecular weight excluding hydrogens is 416 g/mol. The van der Waals surface area contributed by atoms with Gasteiger partial charge in [-0.3, -0.25) is 4.79 Å². The summed E-state index contributed by atoms with van der Waals surface area (Å²) in [5.41, 5.74) is 2.85. The summed E-state index contributed by atoms with van der Waals surface area (Å²) in [4.78, 5) is 14.8. The maximum absolute atomic E-state index is 12.9. The largest absolute Gasteiger partial charge is 0.308 e. The summed E-state index contributed by atoms with van der Waals surface area (Å²) in [6.45, 7) is 3.55. The van der Waals surface area contributed by atoms with Gasteiger partial charge in [0.05, 0.1) is 13.1 Å². The van der Waals surface area contributed by atoms with Gasteiger partial charge in [0.2, 0.25) is 0 Å². The fraction of sp³-hybridized carbons (Fsp3) is 0.267. The molecule has 1 unspecified atom stereocenters. The van der Waals surface area contributed by atoms with Crippen molar-refractivity contribution in [2.75, 3.05) is 11.4 Å². The van der Waals surface area contributed by atoms with E-state index in [0.29, 0.717) is 12.1 Å². The number of anilines is 1. The lowest BCUT2D eigenvalue weighted by Crippen LogP contribution is -2.39. The van der Waals surface area contributed by atoms with E-state index in [2.05, 4.69) is 50.2 Å². The van der Waals surface area contributed by atoms with Crippen molar-refractivity contribution in [3.63, 3.8) is 0 Å². The lowest BCUT2D eigenvalue weighted by Gasteiger charge is -2.24. The monoisotopic (exact) mass is 428 g/mol. The van der Waals surface area contributed by atoms with Gasteiger partial charge in [0.1, 0.15) is 0 Å². The van der Waals surface area contributed by atoms with Gasteiger partial charge in [0, 0.05) is 24.8 Å². The van der Waals surface area contributed by atoms with Crippen LogP contribution in [0.25, 0.3) is 0 Å². The molecule has 1 aromatic carbocycles. The summed E-state index contributed by atoms with van der Waals surface area (Å²) in [6, 6.07) is 10.2. The van der Waals surface area contributed by atoms with Gasteiger partial charge in [-0.1, -0.05) is 18.2 Å². The number of benzene rings is 1. The molecule has 2 aromatic rings. The number of fused-ring (bicyclic) bond motifs is 1. The zero-order valence-electron chi connectivity index (χ0n) is 11.4. The fourth-order valence-electron chi connectivity index (χ4n) is 2.47. The molecule has 3 rings (SSSR count). The predicted octanol–water partition coefficient (Wildman–Crippen LogP) is 4.41. The zero-order valence-corrected chi connectivity index (χ0v) is 15.4. The van der Waals surface area contributed by atoms with Gasteiger partial charge in [0.25, 0.3) is 5.91 Å². The van der Waals surface area contributed by atoms with Crippen LogP contribution < -0.4 is 10.2 Å². The predicted molar refractivity (Wildman–Crippen MR) is 94.1 cm³/mol. The number of nitrogens with one attached hydrogen (secondary N) is 1. The van der Waals surface area contributed by atoms with Crippen LogP contribution in [-0.4, -0.2) is 18.5 Å². The molecule has 1 amide bonds. The van der Waals surface area contributed by atoms with Crippen LogP contribution in [0.1, 0.15) is 22.8 Å². The second kappa shape index (κ2) is 6.20. The smallest absolute Gasteiger partial charge is 0.260 e. The first-order chi connectivity index (χ1) is 10.1. The molecule has 1 aliphatic heterocycles. The molecule has 3 nitrogen and oxygen atoms in total. The Hall–Kier alpha value is -0.690. The van der Waals surface area contributed by atoms with E-state index in [1.807, 2.05) is 29.2 Å². The second-order valence-corrected chi connectivity index (χ2v) is 8.81. The molecule has 0 saturated carbocycles. The molecule has 21 heavy (non-hydrogen) atoms. The number of halogens is 2. The van der Waals surface area contributed by atoms with Crippen LogP contribution in [0.2, 0.25) is 0 Å². The van der Waals surface area contributed by atoms with Crippen LogP contribution in [0.4, 0.5) is 5.69 Å². The van der Waals surface area contributed by atoms with Crippen molar-refractivity contribution in [3.05, 3.63) is 49.0 Å². The highest BCUT2D eigenvalue weighted by Crippen LogP contribution is 2.34. The molecule has 1 aliphatic rings. The van der Waals surface area contributed by atoms with Gasteiger partial charge in [0.15, 0.2) is 0 Å². The Morgan fingerprint density at radius 3 is 2.86 bits per heavy atom. The molecule has 6 heteroatoms. The Morgan fingerprint density at radius 2 is 2.14 bits per heavy atom. The number of hydrogen-bond acceptors (Lipinski definition) is 3. The minimum atomic E-state index is 0.0341. The van der Waals surface area contributed by atoms with Crippen molar-refractivity contribution >= 4 is 54.8 Å². The molecular formula is C15H14Br2N2OS. The summed E-state index contributed by atoms with van der Waals surface area (Å²) in [7, 11) is 0. The average Bonchev–Trinajstić information content (AvgIpc) is 2.71. The number of thiophene rings is 1. The Kier molecular flexibility index (Phi) is 4.49. The highest BCUT2D eigenvalue weighted by molar-refractivity contribution is 9.12. The maximum atomic E-state index is 12.9. The first-order valence-electron chi connectivity index (χ1n) is 6.64. The molecule has 0 bridgehead atoms. The highest BCUT2D eigenvalue weighted by atomic mass is 79.9. The van der Waals surface area contributed by atoms with E-state index in [4.69, 9.17) is 0 Å². The first-order valence-corrected chi connectivity index (χ1v) is 9.04. The number of rotatable bonds is 1. The van der Waals surface area contributed by atoms with Crippen molar-refractivity contribution in [3.8, 4) is 0 Å². The van der Waals surface area contributed by atoms with Crippen LogP contribution >= 0.6 is 43.2 Å². The maximum Gasteiger partial charge on any atom is 0.260 e. The van der Waals surface area contributed by atoms with Gasteiger partial charge in [-0.25, -0.2) is 0 Å². The van der Waals surface area contributed by atoms with Crippen LogP contribution in [0, 0.1) is 0 Å². The van der Waals surface area contributed by atoms with Crippen molar-refractivity contribution in [2.45, 2.75) is 19.5 Å². The van der Waals surface area contributed by atoms with Crippen LogP contribution in [-0.2, 0) is 6.54 Å². The second-order valence-electron chi connectivity index (χ2n) is 5.06. The molecule has 0 aliphatic carbocycles. The van der Waals surface area contributed by atoms with Gasteiger partial charge in [-0.05, 0) is 56.5 Å². The summed E-state index contributed by atoms with van der Waals surface area (Å²) >= 11 is 8.44. The van der Waals surface area contributed by atoms with Crippen LogP contribution in [0.15, 0.2) is 37.9 Å². The number of carbonyl (C=O) groups excluding carboxylic acids is 1. The van der Waals surface area contributed by atoms with Crippen molar-refractivity contribution in [1.82, 2.24) is 5.32 Å². The van der Waals surface area contributed by atoms with Gasteiger partial charge in [-0.15, -0.1) is 11.3 Å². The number of carbonyl (C=O) groups is 1. The normalized spacial score (nSPS) is 18.2. The number of para-hydroxylation sites is 1. The molecule has 0 fully saturated rings. The molecule has 1 atom stereocenters. The topological polar surface area (TPSA) is 32.3 Å². The van der Waals surface area contributed by atoms with E-state index >= 15 is 0 Å². The van der Waals surface area contributed by atoms with Crippen molar-refractivity contribution < 1.29 is 4.79 Å². The standard InChI is InChI=1S/C15H14Br2N2OS/c1-9-8-19(12-5-3-2-4-10(12)7-18-9)15(20)11-6-13(16)21-14(11)17/h2-6,9,18H,7-8H2,1H3. The molecule has 0 saturated heterocycles. The number of nitrogens with zero attached hydrogens (tertiary/aromatic N) is 1. The number of hydrogen-bond donors (Lipinski definition) is 1. The van der Waals surface area contributed by atoms with E-state index in [0.717, 1.165) is 25.4 Å². The third-order valence-electron chi connectivity index (χ3n) is 3.51. The highest BCUT2D eigenvalue weighted by Gasteiger charge is 2.26. The quantitative estimate of drug-likeness (QED) is 0.727. The number of amides is 1. The van der Waals surface area contributed by atoms with E-state index in [9.17, 15) is 4.79 Å². The zero-order chi connectivity index (χ0) is 15.0. The summed E-state index contributed by atoms with van der Waals surface area (Å²) in [5.74, 6) is 0.0341. The van der Waals surface area contributed by atoms with Crippen LogP contribution in [0.3, 0.4) is 0 Å². The SMILES string of the molecule is CC1CN(C(=O)c2cc(Br)sc2Br)c2ccccc2CN1. The first kappa shape index (κ1) is 15.2. The van der Waals surface area contributed by atoms with Crippen LogP contribution in [0.5, 0.6) is 0 Å². The molecule has 2 heterocycles. The third kappa shape index (κ3) is 3.08. The Morgan fingerprint density at radius 1 is 1.38 bits per heavy atom. The lowest BCUT2D eigenvalue weighted by molar-refractivity contribution is 0.0985. The summed E-state index contributed by atoms with van der Waals surface area (Å²) < 4.78 is 1.81. The van der Waals surface area contributed by atoms with E-state index in [-0.39, 0.29) is 11.9 Å². The molecule has 0 spiro atoms. The van der Waals surface area contributed by atoms with Crippen molar-refractivity contribution in [1.29, 1.82) is 0 Å². The third-order valence-corrected chi connectivity index (χ3v) is 5.85. The lowest BCUT2D eigenvalue weighted by atomic mass is 10.1. The Labute approximate surface area is 144 Å². The van der Waals surface area contributed by atoms with E-state index < -0.39 is 0 Å². The van der Waals surface area contributed by atoms with Gasteiger partial charge >= 0.3 is 0 Å². The minimum Gasteiger partial charge on any atom is -0.308 e. The summed E-state index contributed by atoms with van der Waals surface area (Å²) in [6.07, 6.45) is 0. The van der Waals surface area contributed by atoms with E-state index in [1.54, 1.807) is 0 Å². The molecule has 1 aromatic heterocycles. The van der Waals surface area contributed by atoms with Crippen molar-refractivity contribution in [2.24, 2.45) is 0 Å². The van der Waals surface area contributed by atoms with Gasteiger partial charge in [-0.2, -0.15) is 0 Å². The fourth-order valence-corrected chi connectivity index (χ4v) is 5.25. The molecule has 1 N–H and O–H groups in total. The van der Waals surface area contributed by atoms with E-state index in [1.165, 1.54) is 11.3 Å². The summed E-state index contributed by atoms with van der Waals surface area (Å²) in [5, 5.41) is 3.44. The van der Waals surface area contributed by atoms with Gasteiger partial charge < -0.3 is 10.2 Å². The average molecular weight is 430 g/mol. The minimum absolute atomic E-state index is 0.0341. The Balaban J connectivity index is 2.03. The Bertz CT molecular complexity index is 686.